The van der Waals surface area contributed by atoms with Crippen LogP contribution in [0.15, 0.2) is 186 Å². The topological polar surface area (TPSA) is 22.9 Å². The van der Waals surface area contributed by atoms with Crippen LogP contribution in [0.3, 0.4) is 0 Å². The molecule has 3 heterocycles. The van der Waals surface area contributed by atoms with Crippen molar-refractivity contribution in [3.8, 4) is 0 Å². The van der Waals surface area contributed by atoms with Crippen LogP contribution in [0.4, 0.5) is 51.2 Å². The van der Waals surface area contributed by atoms with Gasteiger partial charge in [0.05, 0.1) is 0 Å². The zero-order valence-electron chi connectivity index (χ0n) is 29.4. The Kier molecular flexibility index (Phi) is 6.17. The van der Waals surface area contributed by atoms with E-state index >= 15 is 0 Å². The highest BCUT2D eigenvalue weighted by molar-refractivity contribution is 7.00. The van der Waals surface area contributed by atoms with Crippen molar-refractivity contribution >= 4 is 96.2 Å². The van der Waals surface area contributed by atoms with E-state index < -0.39 is 0 Å². The molecule has 54 heavy (non-hydrogen) atoms. The molecule has 2 aliphatic heterocycles. The molecule has 0 spiro atoms. The lowest BCUT2D eigenvalue weighted by atomic mass is 9.32. The van der Waals surface area contributed by atoms with Gasteiger partial charge in [-0.25, -0.2) is 0 Å². The molecule has 0 N–H and O–H groups in total. The largest absolute Gasteiger partial charge is 0.456 e. The summed E-state index contributed by atoms with van der Waals surface area (Å²) < 4.78 is 6.26. The predicted molar refractivity (Wildman–Crippen MR) is 225 cm³/mol. The maximum Gasteiger partial charge on any atom is 0.252 e. The Morgan fingerprint density at radius 3 is 1.80 bits per heavy atom. The van der Waals surface area contributed by atoms with Crippen LogP contribution in [-0.4, -0.2) is 6.71 Å². The van der Waals surface area contributed by atoms with E-state index in [-0.39, 0.29) is 6.71 Å². The average Bonchev–Trinajstić information content (AvgIpc) is 3.59. The summed E-state index contributed by atoms with van der Waals surface area (Å²) >= 11 is 0. The molecule has 0 unspecified atom stereocenters. The van der Waals surface area contributed by atoms with E-state index in [1.807, 2.05) is 12.1 Å². The smallest absolute Gasteiger partial charge is 0.252 e. The number of hydrogen-bond acceptors (Lipinski definition) is 4. The molecule has 0 atom stereocenters. The third-order valence-electron chi connectivity index (χ3n) is 11.5. The monoisotopic (exact) mass is 689 g/mol. The molecule has 8 aromatic carbocycles. The number of anilines is 9. The summed E-state index contributed by atoms with van der Waals surface area (Å²) in [5.74, 6) is 0. The third-order valence-corrected chi connectivity index (χ3v) is 11.5. The highest BCUT2D eigenvalue weighted by Crippen LogP contribution is 2.47. The zero-order chi connectivity index (χ0) is 35.3. The summed E-state index contributed by atoms with van der Waals surface area (Å²) in [6.45, 7) is 0.0957. The maximum absolute atomic E-state index is 6.26. The Labute approximate surface area is 313 Å². The minimum atomic E-state index is 0.0957. The number of fused-ring (bicyclic) bond motifs is 5. The lowest BCUT2D eigenvalue weighted by Gasteiger charge is -2.46. The molecule has 5 heteroatoms. The Hall–Kier alpha value is -6.98. The second-order valence-corrected chi connectivity index (χ2v) is 14.5. The summed E-state index contributed by atoms with van der Waals surface area (Å²) in [6.07, 6.45) is 1.03. The summed E-state index contributed by atoms with van der Waals surface area (Å²) in [7, 11) is 0. The van der Waals surface area contributed by atoms with Gasteiger partial charge < -0.3 is 19.1 Å². The van der Waals surface area contributed by atoms with Crippen LogP contribution < -0.4 is 31.1 Å². The van der Waals surface area contributed by atoms with Crippen molar-refractivity contribution < 1.29 is 4.42 Å². The Balaban J connectivity index is 1.11. The zero-order valence-corrected chi connectivity index (χ0v) is 29.4. The summed E-state index contributed by atoms with van der Waals surface area (Å²) in [4.78, 5) is 7.35. The SMILES string of the molecule is c1ccc(N(c2ccc3c(c2)N(c2ccccc2)c2cccc4c2B3c2c3cc(cc2N4c2ccccc2)C3)c2ccc3oc4ccccc4c3c2)cc1. The number of nitrogens with zero attached hydrogens (tertiary/aromatic N) is 3. The minimum Gasteiger partial charge on any atom is -0.456 e. The number of rotatable bonds is 5. The molecule has 0 amide bonds. The first-order valence-electron chi connectivity index (χ1n) is 18.7. The molecule has 4 aliphatic rings. The molecule has 2 bridgehead atoms. The van der Waals surface area contributed by atoms with Crippen LogP contribution >= 0.6 is 0 Å². The predicted octanol–water partition coefficient (Wildman–Crippen LogP) is 11.0. The summed E-state index contributed by atoms with van der Waals surface area (Å²) in [5.41, 5.74) is 19.3. The van der Waals surface area contributed by atoms with Crippen LogP contribution in [0.1, 0.15) is 11.1 Å². The van der Waals surface area contributed by atoms with E-state index in [1.165, 1.54) is 56.0 Å². The van der Waals surface area contributed by atoms with E-state index in [0.29, 0.717) is 0 Å². The first-order valence-corrected chi connectivity index (χ1v) is 18.7. The lowest BCUT2D eigenvalue weighted by molar-refractivity contribution is 0.669. The first-order chi connectivity index (χ1) is 26.8. The van der Waals surface area contributed by atoms with E-state index in [2.05, 4.69) is 185 Å². The molecule has 13 rings (SSSR count). The fraction of sp³-hybridized carbons (Fsp3) is 0.0204. The number of hydrogen-bond donors (Lipinski definition) is 0. The van der Waals surface area contributed by atoms with Crippen LogP contribution in [-0.2, 0) is 6.42 Å². The van der Waals surface area contributed by atoms with Crippen LogP contribution in [0.25, 0.3) is 21.9 Å². The highest BCUT2D eigenvalue weighted by Gasteiger charge is 2.45. The van der Waals surface area contributed by atoms with Gasteiger partial charge in [-0.05, 0) is 125 Å². The molecule has 2 aliphatic carbocycles. The summed E-state index contributed by atoms with van der Waals surface area (Å²) in [5, 5.41) is 2.23. The van der Waals surface area contributed by atoms with Gasteiger partial charge in [0.2, 0.25) is 0 Å². The Morgan fingerprint density at radius 1 is 0.444 bits per heavy atom. The second kappa shape index (κ2) is 11.3. The Morgan fingerprint density at radius 2 is 1.06 bits per heavy atom. The van der Waals surface area contributed by atoms with Crippen molar-refractivity contribution in [1.29, 1.82) is 0 Å². The highest BCUT2D eigenvalue weighted by atomic mass is 16.3. The van der Waals surface area contributed by atoms with Crippen molar-refractivity contribution in [1.82, 2.24) is 0 Å². The minimum absolute atomic E-state index is 0.0957. The first kappa shape index (κ1) is 29.6. The van der Waals surface area contributed by atoms with Gasteiger partial charge in [-0.2, -0.15) is 0 Å². The maximum atomic E-state index is 6.26. The second-order valence-electron chi connectivity index (χ2n) is 14.5. The summed E-state index contributed by atoms with van der Waals surface area (Å²) in [6, 6.07) is 66.1. The van der Waals surface area contributed by atoms with E-state index in [1.54, 1.807) is 0 Å². The van der Waals surface area contributed by atoms with E-state index in [4.69, 9.17) is 4.42 Å². The van der Waals surface area contributed by atoms with Crippen molar-refractivity contribution in [2.24, 2.45) is 0 Å². The molecular weight excluding hydrogens is 657 g/mol. The normalized spacial score (nSPS) is 13.4. The van der Waals surface area contributed by atoms with Crippen molar-refractivity contribution in [2.75, 3.05) is 14.7 Å². The molecule has 0 radical (unpaired) electrons. The van der Waals surface area contributed by atoms with Crippen LogP contribution in [0.5, 0.6) is 0 Å². The van der Waals surface area contributed by atoms with Gasteiger partial charge in [0.1, 0.15) is 11.2 Å². The Bertz CT molecular complexity index is 2940. The van der Waals surface area contributed by atoms with Crippen molar-refractivity contribution in [2.45, 2.75) is 6.42 Å². The van der Waals surface area contributed by atoms with E-state index in [9.17, 15) is 0 Å². The van der Waals surface area contributed by atoms with Gasteiger partial charge in [0.25, 0.3) is 6.71 Å². The molecule has 252 valence electrons. The molecule has 9 aromatic rings. The van der Waals surface area contributed by atoms with Crippen molar-refractivity contribution in [3.63, 3.8) is 0 Å². The fourth-order valence-electron chi connectivity index (χ4n) is 9.26. The number of benzene rings is 8. The van der Waals surface area contributed by atoms with Gasteiger partial charge in [-0.3, -0.25) is 0 Å². The van der Waals surface area contributed by atoms with Gasteiger partial charge >= 0.3 is 0 Å². The van der Waals surface area contributed by atoms with Gasteiger partial charge in [-0.15, -0.1) is 0 Å². The molecule has 0 saturated carbocycles. The van der Waals surface area contributed by atoms with E-state index in [0.717, 1.165) is 51.1 Å². The van der Waals surface area contributed by atoms with Gasteiger partial charge in [0.15, 0.2) is 0 Å². The third kappa shape index (κ3) is 4.21. The lowest BCUT2D eigenvalue weighted by Crippen LogP contribution is -2.62. The quantitative estimate of drug-likeness (QED) is 0.168. The number of furan rings is 1. The van der Waals surface area contributed by atoms with Crippen LogP contribution in [0, 0.1) is 0 Å². The molecular formula is C49H32BN3O. The van der Waals surface area contributed by atoms with Crippen molar-refractivity contribution in [3.05, 3.63) is 193 Å². The standard InChI is InChI=1S/C49H32BN3O/c1-4-13-34(14-5-1)51(37-24-26-47-40(30-37)39-19-10-11-22-46(39)54-47)38-23-25-41-44(31-38)52(35-15-6-2-7-16-35)42-20-12-21-43-49(42)50(41)48-33-27-32(28-33)29-45(48)53(43)36-17-8-3-9-18-36/h1-27,29-31H,28H2. The fourth-order valence-corrected chi connectivity index (χ4v) is 9.26. The van der Waals surface area contributed by atoms with Gasteiger partial charge in [0, 0.05) is 62.0 Å². The molecule has 4 nitrogen and oxygen atoms in total. The van der Waals surface area contributed by atoms with Crippen LogP contribution in [0.2, 0.25) is 0 Å². The van der Waals surface area contributed by atoms with Gasteiger partial charge in [-0.1, -0.05) is 91.0 Å². The molecule has 0 fully saturated rings. The number of para-hydroxylation sites is 4. The molecule has 1 aromatic heterocycles. The molecule has 0 saturated heterocycles. The average molecular weight is 690 g/mol.